The summed E-state index contributed by atoms with van der Waals surface area (Å²) in [6.45, 7) is 1.70. The average molecular weight is 256 g/mol. The summed E-state index contributed by atoms with van der Waals surface area (Å²) in [6, 6.07) is 3.32. The summed E-state index contributed by atoms with van der Waals surface area (Å²) >= 11 is 0. The summed E-state index contributed by atoms with van der Waals surface area (Å²) in [7, 11) is 1.37. The lowest BCUT2D eigenvalue weighted by atomic mass is 10.2. The zero-order valence-corrected chi connectivity index (χ0v) is 10.4. The molecule has 3 N–H and O–H groups in total. The molecule has 0 saturated heterocycles. The van der Waals surface area contributed by atoms with Crippen molar-refractivity contribution < 1.29 is 19.0 Å². The van der Waals surface area contributed by atoms with Gasteiger partial charge < -0.3 is 20.5 Å². The second kappa shape index (κ2) is 6.80. The van der Waals surface area contributed by atoms with Crippen molar-refractivity contribution in [2.24, 2.45) is 0 Å². The molecule has 0 spiro atoms. The van der Waals surface area contributed by atoms with E-state index < -0.39 is 11.8 Å². The van der Waals surface area contributed by atoms with E-state index >= 15 is 0 Å². The Bertz CT molecular complexity index is 408. The third-order valence-corrected chi connectivity index (χ3v) is 2.46. The van der Waals surface area contributed by atoms with E-state index in [1.54, 1.807) is 0 Å². The highest BCUT2D eigenvalue weighted by Gasteiger charge is 2.10. The second-order valence-corrected chi connectivity index (χ2v) is 3.74. The van der Waals surface area contributed by atoms with Gasteiger partial charge in [-0.1, -0.05) is 6.92 Å². The maximum atomic E-state index is 13.4. The van der Waals surface area contributed by atoms with Crippen molar-refractivity contribution in [1.82, 2.24) is 5.32 Å². The summed E-state index contributed by atoms with van der Waals surface area (Å²) in [5.41, 5.74) is 0.318. The molecule has 1 rings (SSSR count). The molecule has 0 bridgehead atoms. The average Bonchev–Trinajstić information content (AvgIpc) is 2.36. The van der Waals surface area contributed by atoms with Gasteiger partial charge in [-0.25, -0.2) is 9.18 Å². The minimum Gasteiger partial charge on any atom is -0.494 e. The molecule has 2 amide bonds. The van der Waals surface area contributed by atoms with E-state index in [0.717, 1.165) is 6.07 Å². The van der Waals surface area contributed by atoms with Gasteiger partial charge in [0.05, 0.1) is 19.8 Å². The Labute approximate surface area is 105 Å². The van der Waals surface area contributed by atoms with Crippen molar-refractivity contribution in [1.29, 1.82) is 0 Å². The number of aliphatic hydroxyl groups is 1. The number of rotatable bonds is 5. The predicted octanol–water partition coefficient (Wildman–Crippen LogP) is 1.73. The molecule has 0 fully saturated rings. The van der Waals surface area contributed by atoms with Crippen LogP contribution in [0.15, 0.2) is 18.2 Å². The topological polar surface area (TPSA) is 70.6 Å². The molecule has 18 heavy (non-hydrogen) atoms. The van der Waals surface area contributed by atoms with Crippen molar-refractivity contribution in [3.05, 3.63) is 24.0 Å². The summed E-state index contributed by atoms with van der Waals surface area (Å²) in [4.78, 5) is 11.5. The highest BCUT2D eigenvalue weighted by atomic mass is 19.1. The number of anilines is 1. The maximum absolute atomic E-state index is 13.4. The molecule has 0 saturated carbocycles. The smallest absolute Gasteiger partial charge is 0.319 e. The SMILES string of the molecule is CCC(CO)NC(=O)Nc1ccc(OC)c(F)c1. The van der Waals surface area contributed by atoms with E-state index in [2.05, 4.69) is 10.6 Å². The van der Waals surface area contributed by atoms with Crippen molar-refractivity contribution in [2.75, 3.05) is 19.0 Å². The summed E-state index contributed by atoms with van der Waals surface area (Å²) in [5, 5.41) is 14.0. The van der Waals surface area contributed by atoms with Gasteiger partial charge >= 0.3 is 6.03 Å². The third-order valence-electron chi connectivity index (χ3n) is 2.46. The Morgan fingerprint density at radius 1 is 1.56 bits per heavy atom. The van der Waals surface area contributed by atoms with Crippen molar-refractivity contribution in [3.63, 3.8) is 0 Å². The lowest BCUT2D eigenvalue weighted by Gasteiger charge is -2.15. The van der Waals surface area contributed by atoms with Crippen LogP contribution in [0.4, 0.5) is 14.9 Å². The number of hydrogen-bond acceptors (Lipinski definition) is 3. The molecule has 6 heteroatoms. The van der Waals surface area contributed by atoms with Gasteiger partial charge in [0.2, 0.25) is 0 Å². The Morgan fingerprint density at radius 3 is 2.78 bits per heavy atom. The van der Waals surface area contributed by atoms with E-state index in [1.807, 2.05) is 6.92 Å². The van der Waals surface area contributed by atoms with Gasteiger partial charge in [0.25, 0.3) is 0 Å². The van der Waals surface area contributed by atoms with E-state index in [1.165, 1.54) is 19.2 Å². The van der Waals surface area contributed by atoms with Crippen LogP contribution in [-0.4, -0.2) is 30.9 Å². The first-order chi connectivity index (χ1) is 8.60. The normalized spacial score (nSPS) is 11.8. The number of carbonyl (C=O) groups excluding carboxylic acids is 1. The number of nitrogens with one attached hydrogen (secondary N) is 2. The number of methoxy groups -OCH3 is 1. The lowest BCUT2D eigenvalue weighted by Crippen LogP contribution is -2.39. The molecular formula is C12H17FN2O3. The Hall–Kier alpha value is -1.82. The molecule has 1 aromatic rings. The Balaban J connectivity index is 2.62. The van der Waals surface area contributed by atoms with Gasteiger partial charge in [0.1, 0.15) is 0 Å². The van der Waals surface area contributed by atoms with Crippen LogP contribution < -0.4 is 15.4 Å². The van der Waals surface area contributed by atoms with E-state index in [-0.39, 0.29) is 18.4 Å². The molecule has 1 unspecified atom stereocenters. The van der Waals surface area contributed by atoms with E-state index in [0.29, 0.717) is 12.1 Å². The van der Waals surface area contributed by atoms with Crippen LogP contribution >= 0.6 is 0 Å². The minimum absolute atomic E-state index is 0.114. The Morgan fingerprint density at radius 2 is 2.28 bits per heavy atom. The highest BCUT2D eigenvalue weighted by Crippen LogP contribution is 2.20. The van der Waals surface area contributed by atoms with E-state index in [9.17, 15) is 9.18 Å². The number of hydrogen-bond donors (Lipinski definition) is 3. The second-order valence-electron chi connectivity index (χ2n) is 3.74. The van der Waals surface area contributed by atoms with Gasteiger partial charge in [-0.05, 0) is 18.6 Å². The molecule has 0 aliphatic carbocycles. The summed E-state index contributed by atoms with van der Waals surface area (Å²) < 4.78 is 18.1. The zero-order chi connectivity index (χ0) is 13.5. The molecular weight excluding hydrogens is 239 g/mol. The molecule has 100 valence electrons. The Kier molecular flexibility index (Phi) is 5.38. The van der Waals surface area contributed by atoms with Crippen LogP contribution in [0.5, 0.6) is 5.75 Å². The standard InChI is InChI=1S/C12H17FN2O3/c1-3-8(7-16)14-12(17)15-9-4-5-11(18-2)10(13)6-9/h4-6,8,16H,3,7H2,1-2H3,(H2,14,15,17). The highest BCUT2D eigenvalue weighted by molar-refractivity contribution is 5.89. The molecule has 0 radical (unpaired) electrons. The molecule has 5 nitrogen and oxygen atoms in total. The molecule has 0 aromatic heterocycles. The molecule has 0 heterocycles. The summed E-state index contributed by atoms with van der Waals surface area (Å²) in [6.07, 6.45) is 0.612. The summed E-state index contributed by atoms with van der Waals surface area (Å²) in [5.74, 6) is -0.438. The number of amides is 2. The predicted molar refractivity (Wildman–Crippen MR) is 66.3 cm³/mol. The van der Waals surface area contributed by atoms with Crippen LogP contribution in [0.3, 0.4) is 0 Å². The van der Waals surface area contributed by atoms with Crippen LogP contribution in [-0.2, 0) is 0 Å². The fourth-order valence-electron chi connectivity index (χ4n) is 1.37. The van der Waals surface area contributed by atoms with Crippen molar-refractivity contribution in [2.45, 2.75) is 19.4 Å². The largest absolute Gasteiger partial charge is 0.494 e. The fraction of sp³-hybridized carbons (Fsp3) is 0.417. The van der Waals surface area contributed by atoms with Crippen molar-refractivity contribution in [3.8, 4) is 5.75 Å². The monoisotopic (exact) mass is 256 g/mol. The van der Waals surface area contributed by atoms with Crippen LogP contribution in [0.1, 0.15) is 13.3 Å². The van der Waals surface area contributed by atoms with Crippen LogP contribution in [0.2, 0.25) is 0 Å². The molecule has 0 aliphatic rings. The molecule has 1 aromatic carbocycles. The number of aliphatic hydroxyl groups excluding tert-OH is 1. The molecule has 0 aliphatic heterocycles. The number of halogens is 1. The van der Waals surface area contributed by atoms with E-state index in [4.69, 9.17) is 9.84 Å². The maximum Gasteiger partial charge on any atom is 0.319 e. The number of carbonyl (C=O) groups is 1. The lowest BCUT2D eigenvalue weighted by molar-refractivity contribution is 0.222. The first-order valence-electron chi connectivity index (χ1n) is 5.62. The fourth-order valence-corrected chi connectivity index (χ4v) is 1.37. The first kappa shape index (κ1) is 14.2. The number of urea groups is 1. The van der Waals surface area contributed by atoms with Gasteiger partial charge in [-0.2, -0.15) is 0 Å². The zero-order valence-electron chi connectivity index (χ0n) is 10.4. The van der Waals surface area contributed by atoms with Gasteiger partial charge in [-0.3, -0.25) is 0 Å². The number of ether oxygens (including phenoxy) is 1. The quantitative estimate of drug-likeness (QED) is 0.751. The van der Waals surface area contributed by atoms with Crippen LogP contribution in [0, 0.1) is 5.82 Å². The van der Waals surface area contributed by atoms with Gasteiger partial charge in [-0.15, -0.1) is 0 Å². The van der Waals surface area contributed by atoms with Crippen LogP contribution in [0.25, 0.3) is 0 Å². The first-order valence-corrected chi connectivity index (χ1v) is 5.62. The van der Waals surface area contributed by atoms with Gasteiger partial charge in [0.15, 0.2) is 11.6 Å². The number of benzene rings is 1. The molecule has 1 atom stereocenters. The van der Waals surface area contributed by atoms with Gasteiger partial charge in [0, 0.05) is 11.8 Å². The minimum atomic E-state index is -0.551. The van der Waals surface area contributed by atoms with Crippen molar-refractivity contribution >= 4 is 11.7 Å². The third kappa shape index (κ3) is 3.89.